The fourth-order valence-electron chi connectivity index (χ4n) is 2.34. The van der Waals surface area contributed by atoms with Gasteiger partial charge in [-0.1, -0.05) is 12.1 Å². The van der Waals surface area contributed by atoms with Gasteiger partial charge in [0.2, 0.25) is 0 Å². The second-order valence-corrected chi connectivity index (χ2v) is 5.69. The quantitative estimate of drug-likeness (QED) is 0.697. The molecule has 1 aliphatic rings. The number of ether oxygens (including phenoxy) is 3. The molecule has 7 heteroatoms. The normalized spacial score (nSPS) is 13.5. The van der Waals surface area contributed by atoms with E-state index in [1.807, 2.05) is 19.1 Å². The Bertz CT molecular complexity index is 767. The van der Waals surface area contributed by atoms with Crippen LogP contribution in [0.1, 0.15) is 6.92 Å². The number of nitrogens with zero attached hydrogens (tertiary/aromatic N) is 1. The maximum Gasteiger partial charge on any atom is 0.355 e. The lowest BCUT2D eigenvalue weighted by Gasteiger charge is -2.26. The molecule has 0 spiro atoms. The summed E-state index contributed by atoms with van der Waals surface area (Å²) in [5.74, 6) is -0.765. The van der Waals surface area contributed by atoms with Crippen molar-refractivity contribution in [2.75, 3.05) is 25.7 Å². The van der Waals surface area contributed by atoms with Crippen molar-refractivity contribution >= 4 is 33.6 Å². The molecule has 1 aliphatic heterocycles. The third kappa shape index (κ3) is 3.93. The van der Waals surface area contributed by atoms with E-state index in [4.69, 9.17) is 14.2 Å². The number of rotatable bonds is 5. The Balaban J connectivity index is 2.74. The van der Waals surface area contributed by atoms with Gasteiger partial charge in [0.05, 0.1) is 26.4 Å². The molecule has 6 nitrogen and oxygen atoms in total. The molecule has 0 unspecified atom stereocenters. The second kappa shape index (κ2) is 8.53. The first-order valence-corrected chi connectivity index (χ1v) is 8.30. The van der Waals surface area contributed by atoms with Gasteiger partial charge in [-0.3, -0.25) is 0 Å². The number of methoxy groups -OCH3 is 2. The van der Waals surface area contributed by atoms with E-state index in [0.717, 1.165) is 0 Å². The predicted molar refractivity (Wildman–Crippen MR) is 97.1 cm³/mol. The van der Waals surface area contributed by atoms with Crippen molar-refractivity contribution in [3.63, 3.8) is 0 Å². The summed E-state index contributed by atoms with van der Waals surface area (Å²) >= 11 is 3.48. The van der Waals surface area contributed by atoms with Crippen LogP contribution in [0.3, 0.4) is 0 Å². The topological polar surface area (TPSA) is 65.1 Å². The molecule has 0 amide bonds. The highest BCUT2D eigenvalue weighted by Gasteiger charge is 2.30. The Morgan fingerprint density at radius 2 is 1.84 bits per heavy atom. The summed E-state index contributed by atoms with van der Waals surface area (Å²) < 4.78 is 16.1. The number of carbonyl (C=O) groups excluding carboxylic acids is 2. The average Bonchev–Trinajstić information content (AvgIpc) is 2.83. The van der Waals surface area contributed by atoms with E-state index in [-0.39, 0.29) is 11.3 Å². The number of allylic oxidation sites excluding steroid dienone is 2. The zero-order valence-corrected chi connectivity index (χ0v) is 15.7. The van der Waals surface area contributed by atoms with Crippen LogP contribution in [-0.2, 0) is 19.1 Å². The molecule has 0 N–H and O–H groups in total. The van der Waals surface area contributed by atoms with Crippen molar-refractivity contribution in [2.24, 2.45) is 0 Å². The molecule has 0 saturated carbocycles. The van der Waals surface area contributed by atoms with Crippen molar-refractivity contribution in [3.05, 3.63) is 58.4 Å². The van der Waals surface area contributed by atoms with Gasteiger partial charge in [-0.2, -0.15) is 0 Å². The highest BCUT2D eigenvalue weighted by Crippen LogP contribution is 2.39. The van der Waals surface area contributed by atoms with Crippen molar-refractivity contribution in [3.8, 4) is 5.75 Å². The SMILES string of the molecule is CCOc1cccc(Br)c1N1C=CC=CC(C(=O)OC)=C1C(=O)OC. The standard InChI is InChI=1S/C18H18BrNO5/c1-4-25-14-10-7-9-13(19)16(14)20-11-6-5-8-12(17(21)23-2)15(20)18(22)24-3/h5-11H,4H2,1-3H3. The molecule has 1 aromatic rings. The van der Waals surface area contributed by atoms with Crippen LogP contribution < -0.4 is 9.64 Å². The van der Waals surface area contributed by atoms with E-state index in [9.17, 15) is 9.59 Å². The van der Waals surface area contributed by atoms with Gasteiger partial charge in [0.1, 0.15) is 17.1 Å². The number of para-hydroxylation sites is 1. The fraction of sp³-hybridized carbons (Fsp3) is 0.222. The van der Waals surface area contributed by atoms with Crippen LogP contribution in [-0.4, -0.2) is 32.8 Å². The first-order chi connectivity index (χ1) is 12.0. The van der Waals surface area contributed by atoms with Gasteiger partial charge in [-0.15, -0.1) is 0 Å². The molecule has 0 bridgehead atoms. The lowest BCUT2D eigenvalue weighted by Crippen LogP contribution is -2.27. The van der Waals surface area contributed by atoms with Crippen LogP contribution in [0.5, 0.6) is 5.75 Å². The smallest absolute Gasteiger partial charge is 0.355 e. The van der Waals surface area contributed by atoms with Gasteiger partial charge in [-0.05, 0) is 47.1 Å². The van der Waals surface area contributed by atoms with E-state index in [0.29, 0.717) is 22.5 Å². The van der Waals surface area contributed by atoms with Gasteiger partial charge in [0.15, 0.2) is 0 Å². The molecule has 0 fully saturated rings. The lowest BCUT2D eigenvalue weighted by molar-refractivity contribution is -0.139. The van der Waals surface area contributed by atoms with Gasteiger partial charge in [0, 0.05) is 10.7 Å². The minimum Gasteiger partial charge on any atom is -0.492 e. The average molecular weight is 408 g/mol. The molecule has 0 saturated heterocycles. The number of esters is 2. The van der Waals surface area contributed by atoms with Crippen molar-refractivity contribution in [1.29, 1.82) is 0 Å². The number of hydrogen-bond acceptors (Lipinski definition) is 6. The monoisotopic (exact) mass is 407 g/mol. The highest BCUT2D eigenvalue weighted by atomic mass is 79.9. The Morgan fingerprint density at radius 3 is 2.48 bits per heavy atom. The number of anilines is 1. The molecule has 25 heavy (non-hydrogen) atoms. The van der Waals surface area contributed by atoms with E-state index in [1.54, 1.807) is 29.3 Å². The summed E-state index contributed by atoms with van der Waals surface area (Å²) in [6.45, 7) is 2.31. The third-order valence-electron chi connectivity index (χ3n) is 3.38. The van der Waals surface area contributed by atoms with E-state index in [2.05, 4.69) is 15.9 Å². The molecule has 1 aromatic carbocycles. The predicted octanol–water partition coefficient (Wildman–Crippen LogP) is 3.34. The third-order valence-corrected chi connectivity index (χ3v) is 4.02. The minimum atomic E-state index is -0.671. The van der Waals surface area contributed by atoms with Crippen molar-refractivity contribution in [2.45, 2.75) is 6.92 Å². The molecule has 1 heterocycles. The first kappa shape index (κ1) is 18.8. The summed E-state index contributed by atoms with van der Waals surface area (Å²) in [4.78, 5) is 26.2. The maximum atomic E-state index is 12.5. The maximum absolute atomic E-state index is 12.5. The number of benzene rings is 1. The Kier molecular flexibility index (Phi) is 6.41. The molecule has 0 atom stereocenters. The summed E-state index contributed by atoms with van der Waals surface area (Å²) in [6, 6.07) is 5.42. The van der Waals surface area contributed by atoms with E-state index < -0.39 is 11.9 Å². The van der Waals surface area contributed by atoms with Crippen LogP contribution in [0, 0.1) is 0 Å². The van der Waals surface area contributed by atoms with Crippen LogP contribution >= 0.6 is 15.9 Å². The van der Waals surface area contributed by atoms with Gasteiger partial charge in [0.25, 0.3) is 0 Å². The second-order valence-electron chi connectivity index (χ2n) is 4.84. The van der Waals surface area contributed by atoms with Crippen LogP contribution in [0.2, 0.25) is 0 Å². The zero-order chi connectivity index (χ0) is 18.4. The van der Waals surface area contributed by atoms with Crippen LogP contribution in [0.15, 0.2) is 58.4 Å². The summed E-state index contributed by atoms with van der Waals surface area (Å²) in [7, 11) is 2.51. The largest absolute Gasteiger partial charge is 0.492 e. The molecular weight excluding hydrogens is 390 g/mol. The summed E-state index contributed by atoms with van der Waals surface area (Å²) in [6.07, 6.45) is 6.51. The number of carbonyl (C=O) groups is 2. The van der Waals surface area contributed by atoms with Crippen molar-refractivity contribution < 1.29 is 23.8 Å². The lowest BCUT2D eigenvalue weighted by atomic mass is 10.1. The Hall–Kier alpha value is -2.54. The molecule has 0 radical (unpaired) electrons. The molecule has 2 rings (SSSR count). The van der Waals surface area contributed by atoms with Crippen LogP contribution in [0.4, 0.5) is 5.69 Å². The Labute approximate surface area is 154 Å². The van der Waals surface area contributed by atoms with Crippen LogP contribution in [0.25, 0.3) is 0 Å². The zero-order valence-electron chi connectivity index (χ0n) is 14.1. The molecule has 132 valence electrons. The molecule has 0 aliphatic carbocycles. The van der Waals surface area contributed by atoms with Gasteiger partial charge in [-0.25, -0.2) is 9.59 Å². The minimum absolute atomic E-state index is 0.0344. The van der Waals surface area contributed by atoms with Crippen molar-refractivity contribution in [1.82, 2.24) is 0 Å². The highest BCUT2D eigenvalue weighted by molar-refractivity contribution is 9.10. The van der Waals surface area contributed by atoms with Gasteiger partial charge >= 0.3 is 11.9 Å². The van der Waals surface area contributed by atoms with E-state index >= 15 is 0 Å². The summed E-state index contributed by atoms with van der Waals surface area (Å²) in [5.41, 5.74) is 0.691. The van der Waals surface area contributed by atoms with E-state index in [1.165, 1.54) is 20.3 Å². The number of hydrogen-bond donors (Lipinski definition) is 0. The first-order valence-electron chi connectivity index (χ1n) is 7.51. The summed E-state index contributed by atoms with van der Waals surface area (Å²) in [5, 5.41) is 0. The molecule has 0 aromatic heterocycles. The van der Waals surface area contributed by atoms with Gasteiger partial charge < -0.3 is 19.1 Å². The Morgan fingerprint density at radius 1 is 1.12 bits per heavy atom. The molecular formula is C18H18BrNO5. The number of halogens is 1. The fourth-order valence-corrected chi connectivity index (χ4v) is 2.88.